The minimum atomic E-state index is -0.256. The molecule has 0 spiro atoms. The molecule has 0 unspecified atom stereocenters. The van der Waals surface area contributed by atoms with E-state index in [0.29, 0.717) is 11.0 Å². The van der Waals surface area contributed by atoms with Crippen LogP contribution in [-0.2, 0) is 6.54 Å². The van der Waals surface area contributed by atoms with Crippen molar-refractivity contribution >= 4 is 15.9 Å². The van der Waals surface area contributed by atoms with Crippen molar-refractivity contribution in [2.45, 2.75) is 13.5 Å². The lowest BCUT2D eigenvalue weighted by Gasteiger charge is -2.04. The fourth-order valence-electron chi connectivity index (χ4n) is 1.70. The van der Waals surface area contributed by atoms with E-state index in [1.165, 1.54) is 6.07 Å². The van der Waals surface area contributed by atoms with E-state index >= 15 is 0 Å². The number of halogens is 2. The third-order valence-electron chi connectivity index (χ3n) is 2.55. The van der Waals surface area contributed by atoms with Crippen LogP contribution in [0.4, 0.5) is 4.39 Å². The number of furan rings is 1. The molecule has 17 heavy (non-hydrogen) atoms. The van der Waals surface area contributed by atoms with Crippen LogP contribution in [0.5, 0.6) is 0 Å². The number of hydrogen-bond acceptors (Lipinski definition) is 2. The highest BCUT2D eigenvalue weighted by Gasteiger charge is 2.10. The second kappa shape index (κ2) is 5.02. The fourth-order valence-corrected chi connectivity index (χ4v) is 2.05. The van der Waals surface area contributed by atoms with Crippen molar-refractivity contribution in [2.75, 3.05) is 7.05 Å². The van der Waals surface area contributed by atoms with Crippen molar-refractivity contribution in [1.29, 1.82) is 0 Å². The molecule has 1 aromatic heterocycles. The molecule has 1 heterocycles. The van der Waals surface area contributed by atoms with Gasteiger partial charge in [-0.1, -0.05) is 0 Å². The highest BCUT2D eigenvalue weighted by molar-refractivity contribution is 9.10. The van der Waals surface area contributed by atoms with Gasteiger partial charge in [-0.2, -0.15) is 0 Å². The van der Waals surface area contributed by atoms with Crippen molar-refractivity contribution in [2.24, 2.45) is 0 Å². The van der Waals surface area contributed by atoms with Crippen LogP contribution in [0.15, 0.2) is 33.2 Å². The van der Waals surface area contributed by atoms with Crippen LogP contribution in [0.25, 0.3) is 11.3 Å². The van der Waals surface area contributed by atoms with Crippen molar-refractivity contribution in [3.63, 3.8) is 0 Å². The van der Waals surface area contributed by atoms with E-state index in [1.807, 2.05) is 26.1 Å². The third-order valence-corrected chi connectivity index (χ3v) is 3.15. The van der Waals surface area contributed by atoms with Gasteiger partial charge in [-0.05, 0) is 59.7 Å². The predicted molar refractivity (Wildman–Crippen MR) is 69.3 cm³/mol. The van der Waals surface area contributed by atoms with Gasteiger partial charge >= 0.3 is 0 Å². The molecule has 1 aromatic carbocycles. The van der Waals surface area contributed by atoms with E-state index in [0.717, 1.165) is 22.6 Å². The van der Waals surface area contributed by atoms with E-state index < -0.39 is 0 Å². The molecular formula is C13H13BrFNO. The first kappa shape index (κ1) is 12.3. The van der Waals surface area contributed by atoms with Crippen molar-refractivity contribution in [3.05, 3.63) is 45.9 Å². The van der Waals surface area contributed by atoms with Gasteiger partial charge in [-0.25, -0.2) is 4.39 Å². The Morgan fingerprint density at radius 1 is 1.35 bits per heavy atom. The maximum absolute atomic E-state index is 13.3. The van der Waals surface area contributed by atoms with Crippen molar-refractivity contribution in [1.82, 2.24) is 5.32 Å². The summed E-state index contributed by atoms with van der Waals surface area (Å²) in [5.41, 5.74) is 1.76. The molecular weight excluding hydrogens is 285 g/mol. The number of hydrogen-bond donors (Lipinski definition) is 1. The Kier molecular flexibility index (Phi) is 3.64. The lowest BCUT2D eigenvalue weighted by atomic mass is 10.1. The highest BCUT2D eigenvalue weighted by Crippen LogP contribution is 2.30. The largest absolute Gasteiger partial charge is 0.460 e. The van der Waals surface area contributed by atoms with Gasteiger partial charge < -0.3 is 9.73 Å². The standard InChI is InChI=1S/C13H13BrFNO/c1-8-5-12(15)11(14)6-10(8)13-4-3-9(17-13)7-16-2/h3-6,16H,7H2,1-2H3. The maximum Gasteiger partial charge on any atom is 0.137 e. The normalized spacial score (nSPS) is 10.8. The molecule has 0 aliphatic rings. The molecule has 2 aromatic rings. The summed E-state index contributed by atoms with van der Waals surface area (Å²) >= 11 is 3.19. The zero-order valence-corrected chi connectivity index (χ0v) is 11.3. The van der Waals surface area contributed by atoms with E-state index in [1.54, 1.807) is 6.07 Å². The average Bonchev–Trinajstić information content (AvgIpc) is 2.72. The first-order valence-corrected chi connectivity index (χ1v) is 6.10. The van der Waals surface area contributed by atoms with Gasteiger partial charge in [0, 0.05) is 5.56 Å². The molecule has 0 radical (unpaired) electrons. The van der Waals surface area contributed by atoms with Crippen molar-refractivity contribution in [3.8, 4) is 11.3 Å². The topological polar surface area (TPSA) is 25.2 Å². The van der Waals surface area contributed by atoms with E-state index in [-0.39, 0.29) is 5.82 Å². The van der Waals surface area contributed by atoms with Gasteiger partial charge in [0.15, 0.2) is 0 Å². The Bertz CT molecular complexity index is 536. The van der Waals surface area contributed by atoms with Crippen LogP contribution < -0.4 is 5.32 Å². The summed E-state index contributed by atoms with van der Waals surface area (Å²) in [4.78, 5) is 0. The Morgan fingerprint density at radius 3 is 2.82 bits per heavy atom. The first-order valence-electron chi connectivity index (χ1n) is 5.31. The van der Waals surface area contributed by atoms with Crippen LogP contribution in [0.1, 0.15) is 11.3 Å². The number of aryl methyl sites for hydroxylation is 1. The summed E-state index contributed by atoms with van der Waals surface area (Å²) in [6, 6.07) is 7.06. The molecule has 90 valence electrons. The minimum Gasteiger partial charge on any atom is -0.460 e. The van der Waals surface area contributed by atoms with Crippen LogP contribution in [-0.4, -0.2) is 7.05 Å². The lowest BCUT2D eigenvalue weighted by Crippen LogP contribution is -2.03. The lowest BCUT2D eigenvalue weighted by molar-refractivity contribution is 0.506. The molecule has 0 atom stereocenters. The Labute approximate surface area is 108 Å². The van der Waals surface area contributed by atoms with Gasteiger partial charge in [0.05, 0.1) is 11.0 Å². The van der Waals surface area contributed by atoms with E-state index in [4.69, 9.17) is 4.42 Å². The molecule has 0 saturated heterocycles. The van der Waals surface area contributed by atoms with Crippen molar-refractivity contribution < 1.29 is 8.81 Å². The van der Waals surface area contributed by atoms with Crippen LogP contribution >= 0.6 is 15.9 Å². The highest BCUT2D eigenvalue weighted by atomic mass is 79.9. The molecule has 0 aliphatic heterocycles. The van der Waals surface area contributed by atoms with Gasteiger partial charge in [0.1, 0.15) is 17.3 Å². The first-order chi connectivity index (χ1) is 8.11. The summed E-state index contributed by atoms with van der Waals surface area (Å²) in [5.74, 6) is 1.36. The molecule has 0 fully saturated rings. The second-order valence-electron chi connectivity index (χ2n) is 3.88. The summed E-state index contributed by atoms with van der Waals surface area (Å²) in [6.45, 7) is 2.55. The van der Waals surface area contributed by atoms with E-state index in [2.05, 4.69) is 21.2 Å². The maximum atomic E-state index is 13.3. The zero-order chi connectivity index (χ0) is 12.4. The van der Waals surface area contributed by atoms with Gasteiger partial charge in [0.25, 0.3) is 0 Å². The molecule has 2 rings (SSSR count). The monoisotopic (exact) mass is 297 g/mol. The fraction of sp³-hybridized carbons (Fsp3) is 0.231. The number of benzene rings is 1. The quantitative estimate of drug-likeness (QED) is 0.930. The SMILES string of the molecule is CNCc1ccc(-c2cc(Br)c(F)cc2C)o1. The number of nitrogens with one attached hydrogen (secondary N) is 1. The van der Waals surface area contributed by atoms with Gasteiger partial charge in [-0.3, -0.25) is 0 Å². The van der Waals surface area contributed by atoms with Gasteiger partial charge in [0.2, 0.25) is 0 Å². The summed E-state index contributed by atoms with van der Waals surface area (Å²) in [7, 11) is 1.86. The molecule has 1 N–H and O–H groups in total. The van der Waals surface area contributed by atoms with Gasteiger partial charge in [-0.15, -0.1) is 0 Å². The minimum absolute atomic E-state index is 0.256. The second-order valence-corrected chi connectivity index (χ2v) is 4.73. The molecule has 4 heteroatoms. The third kappa shape index (κ3) is 2.58. The van der Waals surface area contributed by atoms with E-state index in [9.17, 15) is 4.39 Å². The smallest absolute Gasteiger partial charge is 0.137 e. The zero-order valence-electron chi connectivity index (χ0n) is 9.68. The molecule has 0 bridgehead atoms. The predicted octanol–water partition coefficient (Wildman–Crippen LogP) is 3.88. The molecule has 0 amide bonds. The molecule has 0 aliphatic carbocycles. The number of rotatable bonds is 3. The Morgan fingerprint density at radius 2 is 2.12 bits per heavy atom. The Hall–Kier alpha value is -1.13. The Balaban J connectivity index is 2.41. The van der Waals surface area contributed by atoms with Crippen LogP contribution in [0, 0.1) is 12.7 Å². The molecule has 0 saturated carbocycles. The average molecular weight is 298 g/mol. The van der Waals surface area contributed by atoms with Crippen LogP contribution in [0.2, 0.25) is 0 Å². The summed E-state index contributed by atoms with van der Waals surface area (Å²) in [5, 5.41) is 3.02. The molecule has 2 nitrogen and oxygen atoms in total. The summed E-state index contributed by atoms with van der Waals surface area (Å²) < 4.78 is 19.4. The summed E-state index contributed by atoms with van der Waals surface area (Å²) in [6.07, 6.45) is 0. The van der Waals surface area contributed by atoms with Crippen LogP contribution in [0.3, 0.4) is 0 Å².